The number of ketones is 1. The first-order chi connectivity index (χ1) is 7.66. The Morgan fingerprint density at radius 3 is 2.44 bits per heavy atom. The number of hydrogen-bond donors (Lipinski definition) is 0. The van der Waals surface area contributed by atoms with Gasteiger partial charge in [0.05, 0.1) is 13.2 Å². The molecule has 0 spiro atoms. The van der Waals surface area contributed by atoms with Crippen LogP contribution < -0.4 is 0 Å². The fourth-order valence-electron chi connectivity index (χ4n) is 1.94. The molecule has 3 nitrogen and oxygen atoms in total. The Morgan fingerprint density at radius 2 is 1.81 bits per heavy atom. The van der Waals surface area contributed by atoms with Gasteiger partial charge in [0.2, 0.25) is 0 Å². The number of carbonyl (C=O) groups is 1. The SMILES string of the molecule is CCCCCCC(=O)CCC1(C)OCCO1. The molecule has 0 bridgehead atoms. The standard InChI is InChI=1S/C13H24O3/c1-3-4-5-6-7-12(14)8-9-13(2)15-10-11-16-13/h3-11H2,1-2H3. The lowest BCUT2D eigenvalue weighted by atomic mass is 10.0. The molecule has 16 heavy (non-hydrogen) atoms. The molecule has 3 heteroatoms. The van der Waals surface area contributed by atoms with Gasteiger partial charge < -0.3 is 9.47 Å². The number of Topliss-reactive ketones (excluding diaryl/α,β-unsaturated/α-hetero) is 1. The molecule has 0 aromatic heterocycles. The molecule has 0 amide bonds. The molecule has 0 aliphatic carbocycles. The fraction of sp³-hybridized carbons (Fsp3) is 0.923. The lowest BCUT2D eigenvalue weighted by Crippen LogP contribution is -2.26. The van der Waals surface area contributed by atoms with Crippen molar-refractivity contribution in [1.82, 2.24) is 0 Å². The van der Waals surface area contributed by atoms with Crippen molar-refractivity contribution in [2.24, 2.45) is 0 Å². The van der Waals surface area contributed by atoms with E-state index in [1.807, 2.05) is 6.92 Å². The summed E-state index contributed by atoms with van der Waals surface area (Å²) in [7, 11) is 0. The average Bonchev–Trinajstić information content (AvgIpc) is 2.70. The average molecular weight is 228 g/mol. The topological polar surface area (TPSA) is 35.5 Å². The smallest absolute Gasteiger partial charge is 0.166 e. The number of hydrogen-bond acceptors (Lipinski definition) is 3. The van der Waals surface area contributed by atoms with E-state index in [-0.39, 0.29) is 0 Å². The van der Waals surface area contributed by atoms with Gasteiger partial charge in [-0.25, -0.2) is 0 Å². The minimum atomic E-state index is -0.501. The summed E-state index contributed by atoms with van der Waals surface area (Å²) < 4.78 is 10.9. The lowest BCUT2D eigenvalue weighted by molar-refractivity contribution is -0.151. The Labute approximate surface area is 98.5 Å². The molecule has 0 aromatic carbocycles. The zero-order chi connectivity index (χ0) is 11.9. The largest absolute Gasteiger partial charge is 0.348 e. The van der Waals surface area contributed by atoms with E-state index < -0.39 is 5.79 Å². The van der Waals surface area contributed by atoms with Crippen molar-refractivity contribution in [3.05, 3.63) is 0 Å². The third-order valence-electron chi connectivity index (χ3n) is 3.07. The van der Waals surface area contributed by atoms with E-state index in [1.165, 1.54) is 19.3 Å². The summed E-state index contributed by atoms with van der Waals surface area (Å²) in [5, 5.41) is 0. The van der Waals surface area contributed by atoms with Crippen LogP contribution in [0, 0.1) is 0 Å². The molecule has 1 rings (SSSR count). The van der Waals surface area contributed by atoms with Gasteiger partial charge in [-0.2, -0.15) is 0 Å². The van der Waals surface area contributed by atoms with E-state index >= 15 is 0 Å². The number of carbonyl (C=O) groups excluding carboxylic acids is 1. The molecule has 0 unspecified atom stereocenters. The van der Waals surface area contributed by atoms with Gasteiger partial charge in [-0.1, -0.05) is 26.2 Å². The summed E-state index contributed by atoms with van der Waals surface area (Å²) in [6, 6.07) is 0. The zero-order valence-corrected chi connectivity index (χ0v) is 10.6. The van der Waals surface area contributed by atoms with Crippen LogP contribution in [-0.4, -0.2) is 24.8 Å². The van der Waals surface area contributed by atoms with E-state index in [9.17, 15) is 4.79 Å². The quantitative estimate of drug-likeness (QED) is 0.599. The van der Waals surface area contributed by atoms with Gasteiger partial charge in [0, 0.05) is 19.3 Å². The van der Waals surface area contributed by atoms with Gasteiger partial charge in [0.15, 0.2) is 5.79 Å². The molecule has 0 saturated carbocycles. The zero-order valence-electron chi connectivity index (χ0n) is 10.6. The second kappa shape index (κ2) is 7.02. The highest BCUT2D eigenvalue weighted by molar-refractivity contribution is 5.78. The van der Waals surface area contributed by atoms with Crippen LogP contribution >= 0.6 is 0 Å². The normalized spacial score (nSPS) is 18.9. The van der Waals surface area contributed by atoms with Crippen molar-refractivity contribution in [1.29, 1.82) is 0 Å². The molecular formula is C13H24O3. The Hall–Kier alpha value is -0.410. The van der Waals surface area contributed by atoms with E-state index in [2.05, 4.69) is 6.92 Å². The van der Waals surface area contributed by atoms with Gasteiger partial charge in [-0.3, -0.25) is 4.79 Å². The van der Waals surface area contributed by atoms with Gasteiger partial charge in [0.1, 0.15) is 5.78 Å². The first-order valence-corrected chi connectivity index (χ1v) is 6.46. The van der Waals surface area contributed by atoms with Crippen molar-refractivity contribution in [2.45, 2.75) is 64.6 Å². The van der Waals surface area contributed by atoms with Crippen LogP contribution in [0.3, 0.4) is 0 Å². The van der Waals surface area contributed by atoms with Crippen molar-refractivity contribution >= 4 is 5.78 Å². The molecule has 0 N–H and O–H groups in total. The molecule has 0 atom stereocenters. The highest BCUT2D eigenvalue weighted by atomic mass is 16.7. The van der Waals surface area contributed by atoms with Crippen LogP contribution in [0.4, 0.5) is 0 Å². The third-order valence-corrected chi connectivity index (χ3v) is 3.07. The second-order valence-electron chi connectivity index (χ2n) is 4.68. The first kappa shape index (κ1) is 13.7. The van der Waals surface area contributed by atoms with Gasteiger partial charge in [-0.15, -0.1) is 0 Å². The maximum absolute atomic E-state index is 11.6. The Morgan fingerprint density at radius 1 is 1.12 bits per heavy atom. The Kier molecular flexibility index (Phi) is 5.99. The number of unbranched alkanes of at least 4 members (excludes halogenated alkanes) is 3. The van der Waals surface area contributed by atoms with Crippen molar-refractivity contribution in [3.8, 4) is 0 Å². The molecule has 1 aliphatic rings. The third kappa shape index (κ3) is 5.08. The van der Waals surface area contributed by atoms with E-state index in [0.717, 1.165) is 12.8 Å². The molecule has 1 fully saturated rings. The fourth-order valence-corrected chi connectivity index (χ4v) is 1.94. The second-order valence-corrected chi connectivity index (χ2v) is 4.68. The van der Waals surface area contributed by atoms with E-state index in [4.69, 9.17) is 9.47 Å². The number of ether oxygens (including phenoxy) is 2. The van der Waals surface area contributed by atoms with Crippen molar-refractivity contribution in [3.63, 3.8) is 0 Å². The Balaban J connectivity index is 2.05. The summed E-state index contributed by atoms with van der Waals surface area (Å²) in [4.78, 5) is 11.6. The lowest BCUT2D eigenvalue weighted by Gasteiger charge is -2.21. The summed E-state index contributed by atoms with van der Waals surface area (Å²) in [5.41, 5.74) is 0. The molecule has 94 valence electrons. The Bertz CT molecular complexity index is 207. The van der Waals surface area contributed by atoms with Crippen molar-refractivity contribution < 1.29 is 14.3 Å². The maximum Gasteiger partial charge on any atom is 0.166 e. The predicted octanol–water partition coefficient (Wildman–Crippen LogP) is 3.07. The van der Waals surface area contributed by atoms with Crippen molar-refractivity contribution in [2.75, 3.05) is 13.2 Å². The highest BCUT2D eigenvalue weighted by Gasteiger charge is 2.30. The van der Waals surface area contributed by atoms with Crippen LogP contribution in [0.2, 0.25) is 0 Å². The predicted molar refractivity (Wildman–Crippen MR) is 63.3 cm³/mol. The highest BCUT2D eigenvalue weighted by Crippen LogP contribution is 2.24. The van der Waals surface area contributed by atoms with Crippen LogP contribution in [0.5, 0.6) is 0 Å². The molecular weight excluding hydrogens is 204 g/mol. The molecule has 1 saturated heterocycles. The first-order valence-electron chi connectivity index (χ1n) is 6.46. The summed E-state index contributed by atoms with van der Waals surface area (Å²) >= 11 is 0. The van der Waals surface area contributed by atoms with Gasteiger partial charge in [0.25, 0.3) is 0 Å². The summed E-state index contributed by atoms with van der Waals surface area (Å²) in [6.45, 7) is 5.41. The van der Waals surface area contributed by atoms with E-state index in [1.54, 1.807) is 0 Å². The van der Waals surface area contributed by atoms with Crippen LogP contribution in [-0.2, 0) is 14.3 Å². The molecule has 0 aromatic rings. The monoisotopic (exact) mass is 228 g/mol. The van der Waals surface area contributed by atoms with Gasteiger partial charge >= 0.3 is 0 Å². The van der Waals surface area contributed by atoms with E-state index in [0.29, 0.717) is 31.8 Å². The molecule has 0 radical (unpaired) electrons. The maximum atomic E-state index is 11.6. The summed E-state index contributed by atoms with van der Waals surface area (Å²) in [6.07, 6.45) is 6.65. The van der Waals surface area contributed by atoms with Gasteiger partial charge in [-0.05, 0) is 13.3 Å². The minimum absolute atomic E-state index is 0.344. The number of rotatable bonds is 8. The van der Waals surface area contributed by atoms with Crippen LogP contribution in [0.25, 0.3) is 0 Å². The van der Waals surface area contributed by atoms with Crippen LogP contribution in [0.1, 0.15) is 58.8 Å². The summed E-state index contributed by atoms with van der Waals surface area (Å²) in [5.74, 6) is -0.157. The minimum Gasteiger partial charge on any atom is -0.348 e. The molecule has 1 aliphatic heterocycles. The molecule has 1 heterocycles. The van der Waals surface area contributed by atoms with Crippen LogP contribution in [0.15, 0.2) is 0 Å².